The molecule has 0 saturated carbocycles. The molecule has 0 aromatic carbocycles. The molecular formula is C12H9Cl2N3O. The minimum atomic E-state index is -0.347. The molecule has 0 spiro atoms. The fraction of sp³-hybridized carbons (Fsp3) is 0.0833. The van der Waals surface area contributed by atoms with Gasteiger partial charge >= 0.3 is 0 Å². The van der Waals surface area contributed by atoms with Crippen molar-refractivity contribution < 1.29 is 4.79 Å². The van der Waals surface area contributed by atoms with Gasteiger partial charge in [-0.25, -0.2) is 4.98 Å². The lowest BCUT2D eigenvalue weighted by Gasteiger charge is -2.09. The van der Waals surface area contributed by atoms with Crippen LogP contribution in [0.15, 0.2) is 30.7 Å². The van der Waals surface area contributed by atoms with Crippen molar-refractivity contribution in [2.45, 2.75) is 6.92 Å². The molecule has 0 aliphatic heterocycles. The van der Waals surface area contributed by atoms with E-state index in [4.69, 9.17) is 23.2 Å². The first kappa shape index (κ1) is 12.8. The number of rotatable bonds is 2. The van der Waals surface area contributed by atoms with Gasteiger partial charge in [-0.05, 0) is 24.6 Å². The predicted molar refractivity (Wildman–Crippen MR) is 71.2 cm³/mol. The number of amides is 1. The summed E-state index contributed by atoms with van der Waals surface area (Å²) in [6.07, 6.45) is 4.49. The molecule has 92 valence electrons. The summed E-state index contributed by atoms with van der Waals surface area (Å²) in [6.45, 7) is 1.83. The smallest absolute Gasteiger partial charge is 0.257 e. The molecule has 18 heavy (non-hydrogen) atoms. The minimum Gasteiger partial charge on any atom is -0.319 e. The fourth-order valence-corrected chi connectivity index (χ4v) is 1.87. The SMILES string of the molecule is Cc1ccnc(Cl)c1NC(=O)c1ccncc1Cl. The molecule has 0 aliphatic rings. The number of carbonyl (C=O) groups is 1. The molecule has 0 saturated heterocycles. The van der Waals surface area contributed by atoms with Gasteiger partial charge in [0.2, 0.25) is 0 Å². The molecule has 2 aromatic heterocycles. The van der Waals surface area contributed by atoms with Crippen LogP contribution in [0.1, 0.15) is 15.9 Å². The Morgan fingerprint density at radius 2 is 2.06 bits per heavy atom. The average molecular weight is 282 g/mol. The van der Waals surface area contributed by atoms with Crippen molar-refractivity contribution in [2.24, 2.45) is 0 Å². The molecule has 2 heterocycles. The highest BCUT2D eigenvalue weighted by Gasteiger charge is 2.13. The zero-order valence-electron chi connectivity index (χ0n) is 9.45. The molecule has 0 bridgehead atoms. The molecule has 0 fully saturated rings. The van der Waals surface area contributed by atoms with Gasteiger partial charge in [0.25, 0.3) is 5.91 Å². The largest absolute Gasteiger partial charge is 0.319 e. The zero-order valence-corrected chi connectivity index (χ0v) is 11.0. The van der Waals surface area contributed by atoms with Crippen LogP contribution in [0.3, 0.4) is 0 Å². The fourth-order valence-electron chi connectivity index (χ4n) is 1.42. The molecule has 1 N–H and O–H groups in total. The van der Waals surface area contributed by atoms with Crippen LogP contribution in [-0.4, -0.2) is 15.9 Å². The first-order valence-electron chi connectivity index (χ1n) is 5.11. The molecule has 6 heteroatoms. The van der Waals surface area contributed by atoms with Crippen LogP contribution in [0.5, 0.6) is 0 Å². The van der Waals surface area contributed by atoms with Gasteiger partial charge in [0.05, 0.1) is 16.3 Å². The van der Waals surface area contributed by atoms with Crippen molar-refractivity contribution in [1.82, 2.24) is 9.97 Å². The Bertz CT molecular complexity index is 581. The van der Waals surface area contributed by atoms with E-state index in [1.54, 1.807) is 12.3 Å². The third kappa shape index (κ3) is 2.60. The standard InChI is InChI=1S/C12H9Cl2N3O/c1-7-2-5-16-11(14)10(7)17-12(18)8-3-4-15-6-9(8)13/h2-6H,1H3,(H,17,18). The van der Waals surface area contributed by atoms with E-state index >= 15 is 0 Å². The summed E-state index contributed by atoms with van der Waals surface area (Å²) in [5.41, 5.74) is 1.65. The number of carbonyl (C=O) groups excluding carboxylic acids is 1. The summed E-state index contributed by atoms with van der Waals surface area (Å²) in [7, 11) is 0. The lowest BCUT2D eigenvalue weighted by atomic mass is 10.2. The minimum absolute atomic E-state index is 0.244. The third-order valence-electron chi connectivity index (χ3n) is 2.37. The molecule has 0 unspecified atom stereocenters. The predicted octanol–water partition coefficient (Wildman–Crippen LogP) is 3.34. The highest BCUT2D eigenvalue weighted by atomic mass is 35.5. The number of nitrogens with zero attached hydrogens (tertiary/aromatic N) is 2. The number of nitrogens with one attached hydrogen (secondary N) is 1. The monoisotopic (exact) mass is 281 g/mol. The number of hydrogen-bond acceptors (Lipinski definition) is 3. The number of pyridine rings is 2. The maximum atomic E-state index is 12.0. The lowest BCUT2D eigenvalue weighted by Crippen LogP contribution is -2.14. The van der Waals surface area contributed by atoms with Crippen molar-refractivity contribution in [1.29, 1.82) is 0 Å². The summed E-state index contributed by atoms with van der Waals surface area (Å²) >= 11 is 11.8. The molecule has 2 rings (SSSR count). The van der Waals surface area contributed by atoms with E-state index in [-0.39, 0.29) is 16.1 Å². The second-order valence-corrected chi connectivity index (χ2v) is 4.37. The van der Waals surface area contributed by atoms with E-state index in [1.807, 2.05) is 6.92 Å². The van der Waals surface area contributed by atoms with Gasteiger partial charge in [0.1, 0.15) is 0 Å². The Morgan fingerprint density at radius 3 is 2.72 bits per heavy atom. The topological polar surface area (TPSA) is 54.9 Å². The molecule has 0 radical (unpaired) electrons. The van der Waals surface area contributed by atoms with Crippen molar-refractivity contribution in [3.8, 4) is 0 Å². The second-order valence-electron chi connectivity index (χ2n) is 3.60. The number of anilines is 1. The maximum Gasteiger partial charge on any atom is 0.257 e. The van der Waals surface area contributed by atoms with Gasteiger partial charge < -0.3 is 5.32 Å². The van der Waals surface area contributed by atoms with Gasteiger partial charge in [-0.2, -0.15) is 0 Å². The molecule has 0 atom stereocenters. The number of hydrogen-bond donors (Lipinski definition) is 1. The Balaban J connectivity index is 2.30. The molecule has 0 aliphatic carbocycles. The van der Waals surface area contributed by atoms with E-state index in [0.29, 0.717) is 11.3 Å². The number of halogens is 2. The first-order valence-corrected chi connectivity index (χ1v) is 5.87. The van der Waals surface area contributed by atoms with Crippen molar-refractivity contribution >= 4 is 34.8 Å². The number of aryl methyl sites for hydroxylation is 1. The molecular weight excluding hydrogens is 273 g/mol. The van der Waals surface area contributed by atoms with Gasteiger partial charge in [0, 0.05) is 18.6 Å². The van der Waals surface area contributed by atoms with Crippen LogP contribution in [-0.2, 0) is 0 Å². The van der Waals surface area contributed by atoms with E-state index in [2.05, 4.69) is 15.3 Å². The summed E-state index contributed by atoms with van der Waals surface area (Å²) in [5, 5.41) is 3.22. The molecule has 4 nitrogen and oxygen atoms in total. The Morgan fingerprint density at radius 1 is 1.28 bits per heavy atom. The Hall–Kier alpha value is -1.65. The van der Waals surface area contributed by atoms with Crippen LogP contribution in [0, 0.1) is 6.92 Å². The third-order valence-corrected chi connectivity index (χ3v) is 2.96. The highest BCUT2D eigenvalue weighted by Crippen LogP contribution is 2.24. The maximum absolute atomic E-state index is 12.0. The van der Waals surface area contributed by atoms with Crippen LogP contribution >= 0.6 is 23.2 Å². The Labute approximate surface area is 114 Å². The van der Waals surface area contributed by atoms with Crippen LogP contribution in [0.25, 0.3) is 0 Å². The summed E-state index contributed by atoms with van der Waals surface area (Å²) in [4.78, 5) is 19.8. The Kier molecular flexibility index (Phi) is 3.79. The van der Waals surface area contributed by atoms with Crippen molar-refractivity contribution in [2.75, 3.05) is 5.32 Å². The molecule has 1 amide bonds. The molecule has 2 aromatic rings. The lowest BCUT2D eigenvalue weighted by molar-refractivity contribution is 0.102. The second kappa shape index (κ2) is 5.33. The number of aromatic nitrogens is 2. The quantitative estimate of drug-likeness (QED) is 0.859. The van der Waals surface area contributed by atoms with E-state index < -0.39 is 0 Å². The van der Waals surface area contributed by atoms with E-state index in [0.717, 1.165) is 5.56 Å². The summed E-state index contributed by atoms with van der Waals surface area (Å²) < 4.78 is 0. The van der Waals surface area contributed by atoms with Crippen molar-refractivity contribution in [3.05, 3.63) is 52.0 Å². The summed E-state index contributed by atoms with van der Waals surface area (Å²) in [5.74, 6) is -0.347. The van der Waals surface area contributed by atoms with Gasteiger partial charge in [-0.1, -0.05) is 23.2 Å². The average Bonchev–Trinajstić information content (AvgIpc) is 2.34. The van der Waals surface area contributed by atoms with Crippen LogP contribution < -0.4 is 5.32 Å². The summed E-state index contributed by atoms with van der Waals surface area (Å²) in [6, 6.07) is 3.30. The zero-order chi connectivity index (χ0) is 13.1. The van der Waals surface area contributed by atoms with Crippen LogP contribution in [0.4, 0.5) is 5.69 Å². The van der Waals surface area contributed by atoms with E-state index in [1.165, 1.54) is 18.5 Å². The van der Waals surface area contributed by atoms with E-state index in [9.17, 15) is 4.79 Å². The van der Waals surface area contributed by atoms with Gasteiger partial charge in [-0.3, -0.25) is 9.78 Å². The van der Waals surface area contributed by atoms with Gasteiger partial charge in [-0.15, -0.1) is 0 Å². The van der Waals surface area contributed by atoms with Gasteiger partial charge in [0.15, 0.2) is 5.15 Å². The normalized spacial score (nSPS) is 10.2. The highest BCUT2D eigenvalue weighted by molar-refractivity contribution is 6.35. The van der Waals surface area contributed by atoms with Crippen LogP contribution in [0.2, 0.25) is 10.2 Å². The first-order chi connectivity index (χ1) is 8.59. The van der Waals surface area contributed by atoms with Crippen molar-refractivity contribution in [3.63, 3.8) is 0 Å².